The Bertz CT molecular complexity index is 1110. The number of halogens is 1. The molecule has 0 atom stereocenters. The molecule has 0 bridgehead atoms. The molecule has 4 rings (SSSR count). The molecule has 0 N–H and O–H groups in total. The number of anilines is 1. The van der Waals surface area contributed by atoms with Gasteiger partial charge in [0.05, 0.1) is 18.6 Å². The minimum Gasteiger partial charge on any atom is -0.497 e. The van der Waals surface area contributed by atoms with Crippen molar-refractivity contribution in [3.8, 4) is 17.2 Å². The molecular weight excluding hydrogens is 458 g/mol. The van der Waals surface area contributed by atoms with Gasteiger partial charge in [-0.25, -0.2) is 4.98 Å². The standard InChI is InChI=1S/C25H28ClN3O3S/c1-17-4-7-20(26)14-23(17)28-10-12-29(13-11-28)24(30)16-33-15-22-18(2)32-25(27-22)19-5-8-21(31-3)9-6-19/h4-9,14H,10-13,15-16H2,1-3H3. The number of piperazine rings is 1. The lowest BCUT2D eigenvalue weighted by atomic mass is 10.1. The van der Waals surface area contributed by atoms with Crippen molar-refractivity contribution in [1.29, 1.82) is 0 Å². The normalized spacial score (nSPS) is 13.9. The number of carbonyl (C=O) groups is 1. The van der Waals surface area contributed by atoms with E-state index in [9.17, 15) is 4.79 Å². The molecular formula is C25H28ClN3O3S. The van der Waals surface area contributed by atoms with Crippen molar-refractivity contribution in [1.82, 2.24) is 9.88 Å². The molecule has 1 aromatic heterocycles. The molecule has 1 aliphatic rings. The fraction of sp³-hybridized carbons (Fsp3) is 0.360. The highest BCUT2D eigenvalue weighted by Crippen LogP contribution is 2.27. The average molecular weight is 486 g/mol. The molecule has 0 aliphatic carbocycles. The van der Waals surface area contributed by atoms with Gasteiger partial charge in [-0.2, -0.15) is 0 Å². The number of benzene rings is 2. The monoisotopic (exact) mass is 485 g/mol. The number of oxazole rings is 1. The smallest absolute Gasteiger partial charge is 0.232 e. The number of hydrogen-bond donors (Lipinski definition) is 0. The summed E-state index contributed by atoms with van der Waals surface area (Å²) in [6.45, 7) is 7.06. The highest BCUT2D eigenvalue weighted by Gasteiger charge is 2.22. The van der Waals surface area contributed by atoms with E-state index < -0.39 is 0 Å². The third-order valence-electron chi connectivity index (χ3n) is 5.84. The van der Waals surface area contributed by atoms with Crippen LogP contribution in [0.5, 0.6) is 5.75 Å². The average Bonchev–Trinajstić information content (AvgIpc) is 3.21. The summed E-state index contributed by atoms with van der Waals surface area (Å²) in [4.78, 5) is 21.6. The molecule has 2 heterocycles. The molecule has 8 heteroatoms. The lowest BCUT2D eigenvalue weighted by molar-refractivity contribution is -0.128. The maximum atomic E-state index is 12.7. The Labute approximate surface area is 203 Å². The van der Waals surface area contributed by atoms with Crippen molar-refractivity contribution in [2.75, 3.05) is 43.9 Å². The van der Waals surface area contributed by atoms with Crippen LogP contribution in [0.25, 0.3) is 11.5 Å². The molecule has 2 aromatic carbocycles. The van der Waals surface area contributed by atoms with Crippen molar-refractivity contribution >= 4 is 35.0 Å². The SMILES string of the molecule is COc1ccc(-c2nc(CSCC(=O)N3CCN(c4cc(Cl)ccc4C)CC3)c(C)o2)cc1. The van der Waals surface area contributed by atoms with Gasteiger partial charge in [-0.1, -0.05) is 17.7 Å². The van der Waals surface area contributed by atoms with Crippen LogP contribution in [0.3, 0.4) is 0 Å². The van der Waals surface area contributed by atoms with Gasteiger partial charge in [-0.05, 0) is 55.8 Å². The highest BCUT2D eigenvalue weighted by atomic mass is 35.5. The fourth-order valence-corrected chi connectivity index (χ4v) is 4.95. The second-order valence-electron chi connectivity index (χ2n) is 8.04. The predicted molar refractivity (Wildman–Crippen MR) is 134 cm³/mol. The number of nitrogens with zero attached hydrogens (tertiary/aromatic N) is 3. The number of hydrogen-bond acceptors (Lipinski definition) is 6. The highest BCUT2D eigenvalue weighted by molar-refractivity contribution is 7.99. The summed E-state index contributed by atoms with van der Waals surface area (Å²) < 4.78 is 11.0. The second-order valence-corrected chi connectivity index (χ2v) is 9.46. The van der Waals surface area contributed by atoms with Crippen LogP contribution >= 0.6 is 23.4 Å². The maximum absolute atomic E-state index is 12.7. The number of rotatable bonds is 7. The number of amides is 1. The van der Waals surface area contributed by atoms with Gasteiger partial charge in [-0.3, -0.25) is 4.79 Å². The Morgan fingerprint density at radius 1 is 1.12 bits per heavy atom. The first-order valence-corrected chi connectivity index (χ1v) is 12.4. The number of thioether (sulfide) groups is 1. The number of aromatic nitrogens is 1. The first-order chi connectivity index (χ1) is 15.9. The number of ether oxygens (including phenoxy) is 1. The van der Waals surface area contributed by atoms with E-state index in [2.05, 4.69) is 16.8 Å². The topological polar surface area (TPSA) is 58.8 Å². The zero-order valence-corrected chi connectivity index (χ0v) is 20.7. The molecule has 6 nitrogen and oxygen atoms in total. The molecule has 0 spiro atoms. The summed E-state index contributed by atoms with van der Waals surface area (Å²) in [5, 5.41) is 0.740. The van der Waals surface area contributed by atoms with Gasteiger partial charge in [0, 0.05) is 48.2 Å². The molecule has 1 aliphatic heterocycles. The van der Waals surface area contributed by atoms with Crippen LogP contribution < -0.4 is 9.64 Å². The lowest BCUT2D eigenvalue weighted by Gasteiger charge is -2.37. The predicted octanol–water partition coefficient (Wildman–Crippen LogP) is 5.20. The van der Waals surface area contributed by atoms with E-state index in [1.165, 1.54) is 5.56 Å². The zero-order valence-electron chi connectivity index (χ0n) is 19.1. The quantitative estimate of drug-likeness (QED) is 0.458. The first kappa shape index (κ1) is 23.5. The number of carbonyl (C=O) groups excluding carboxylic acids is 1. The molecule has 33 heavy (non-hydrogen) atoms. The van der Waals surface area contributed by atoms with Gasteiger partial charge in [0.2, 0.25) is 11.8 Å². The molecule has 0 radical (unpaired) electrons. The number of aryl methyl sites for hydroxylation is 2. The molecule has 174 valence electrons. The molecule has 0 unspecified atom stereocenters. The first-order valence-electron chi connectivity index (χ1n) is 10.9. The van der Waals surface area contributed by atoms with Gasteiger partial charge < -0.3 is 19.0 Å². The summed E-state index contributed by atoms with van der Waals surface area (Å²) >= 11 is 7.75. The van der Waals surface area contributed by atoms with Crippen LogP contribution in [-0.4, -0.2) is 54.8 Å². The largest absolute Gasteiger partial charge is 0.497 e. The molecule has 0 saturated carbocycles. The van der Waals surface area contributed by atoms with E-state index in [0.717, 1.165) is 59.7 Å². The third-order valence-corrected chi connectivity index (χ3v) is 7.00. The van der Waals surface area contributed by atoms with Crippen molar-refractivity contribution < 1.29 is 13.9 Å². The Morgan fingerprint density at radius 3 is 2.55 bits per heavy atom. The third kappa shape index (κ3) is 5.65. The van der Waals surface area contributed by atoms with Crippen LogP contribution in [0.15, 0.2) is 46.9 Å². The van der Waals surface area contributed by atoms with E-state index in [-0.39, 0.29) is 5.91 Å². The lowest BCUT2D eigenvalue weighted by Crippen LogP contribution is -2.49. The van der Waals surface area contributed by atoms with Crippen molar-refractivity contribution in [3.63, 3.8) is 0 Å². The number of methoxy groups -OCH3 is 1. The van der Waals surface area contributed by atoms with Crippen molar-refractivity contribution in [3.05, 3.63) is 64.5 Å². The summed E-state index contributed by atoms with van der Waals surface area (Å²) in [7, 11) is 1.64. The summed E-state index contributed by atoms with van der Waals surface area (Å²) in [6.07, 6.45) is 0. The van der Waals surface area contributed by atoms with Gasteiger partial charge in [-0.15, -0.1) is 11.8 Å². The fourth-order valence-electron chi connectivity index (χ4n) is 3.87. The van der Waals surface area contributed by atoms with Crippen molar-refractivity contribution in [2.24, 2.45) is 0 Å². The van der Waals surface area contributed by atoms with Crippen LogP contribution in [-0.2, 0) is 10.5 Å². The van der Waals surface area contributed by atoms with Crippen molar-refractivity contribution in [2.45, 2.75) is 19.6 Å². The van der Waals surface area contributed by atoms with Crippen LogP contribution in [0.4, 0.5) is 5.69 Å². The maximum Gasteiger partial charge on any atom is 0.232 e. The van der Waals surface area contributed by atoms with Gasteiger partial charge in [0.15, 0.2) is 0 Å². The minimum absolute atomic E-state index is 0.166. The van der Waals surface area contributed by atoms with Crippen LogP contribution in [0.2, 0.25) is 5.02 Å². The molecule has 1 saturated heterocycles. The Morgan fingerprint density at radius 2 is 1.85 bits per heavy atom. The van der Waals surface area contributed by atoms with Gasteiger partial charge in [0.1, 0.15) is 11.5 Å². The van der Waals surface area contributed by atoms with E-state index in [1.54, 1.807) is 18.9 Å². The summed E-state index contributed by atoms with van der Waals surface area (Å²) in [5.41, 5.74) is 4.13. The van der Waals surface area contributed by atoms with E-state index in [4.69, 9.17) is 20.8 Å². The Kier molecular flexibility index (Phi) is 7.50. The van der Waals surface area contributed by atoms with Gasteiger partial charge >= 0.3 is 0 Å². The van der Waals surface area contributed by atoms with Crippen LogP contribution in [0.1, 0.15) is 17.0 Å². The summed E-state index contributed by atoms with van der Waals surface area (Å²) in [6, 6.07) is 13.6. The molecule has 1 amide bonds. The molecule has 3 aromatic rings. The van der Waals surface area contributed by atoms with Crippen LogP contribution in [0, 0.1) is 13.8 Å². The van der Waals surface area contributed by atoms with E-state index >= 15 is 0 Å². The van der Waals surface area contributed by atoms with E-state index in [1.807, 2.05) is 54.3 Å². The minimum atomic E-state index is 0.166. The second kappa shape index (κ2) is 10.5. The van der Waals surface area contributed by atoms with Gasteiger partial charge in [0.25, 0.3) is 0 Å². The Balaban J connectivity index is 1.27. The van der Waals surface area contributed by atoms with E-state index in [0.29, 0.717) is 17.4 Å². The Hall–Kier alpha value is -2.64. The summed E-state index contributed by atoms with van der Waals surface area (Å²) in [5.74, 6) is 3.40. The zero-order chi connectivity index (χ0) is 23.4. The molecule has 1 fully saturated rings.